The number of anilines is 3. The van der Waals surface area contributed by atoms with Gasteiger partial charge in [0, 0.05) is 50.2 Å². The fourth-order valence-corrected chi connectivity index (χ4v) is 6.94. The zero-order valence-electron chi connectivity index (χ0n) is 28.2. The Labute approximate surface area is 297 Å². The highest BCUT2D eigenvalue weighted by atomic mass is 15.1. The van der Waals surface area contributed by atoms with Gasteiger partial charge in [-0.2, -0.15) is 0 Å². The van der Waals surface area contributed by atoms with E-state index in [9.17, 15) is 0 Å². The number of para-hydroxylation sites is 3. The SMILES string of the molecule is Cc1ccc(-c2nc(-c3ccccc3)cc(-c3ccc(-n4c5ccccc5c5cc(N(c6ccccc6)c6ccccc6)ccc54)cc3)n2)cc1. The Hall–Kier alpha value is -6.78. The summed E-state index contributed by atoms with van der Waals surface area (Å²) in [5.41, 5.74) is 12.9. The van der Waals surface area contributed by atoms with Crippen LogP contribution in [0.15, 0.2) is 188 Å². The van der Waals surface area contributed by atoms with Crippen LogP contribution in [0.3, 0.4) is 0 Å². The van der Waals surface area contributed by atoms with E-state index in [4.69, 9.17) is 9.97 Å². The van der Waals surface area contributed by atoms with Crippen LogP contribution in [0.4, 0.5) is 17.1 Å². The van der Waals surface area contributed by atoms with Gasteiger partial charge in [0.15, 0.2) is 5.82 Å². The second kappa shape index (κ2) is 12.9. The number of rotatable bonds is 7. The number of nitrogens with zero attached hydrogens (tertiary/aromatic N) is 4. The molecule has 4 nitrogen and oxygen atoms in total. The van der Waals surface area contributed by atoms with Crippen LogP contribution in [0.1, 0.15) is 5.56 Å². The minimum atomic E-state index is 0.716. The molecule has 0 aliphatic rings. The lowest BCUT2D eigenvalue weighted by molar-refractivity contribution is 1.17. The molecule has 0 saturated carbocycles. The van der Waals surface area contributed by atoms with Crippen LogP contribution in [0, 0.1) is 6.92 Å². The van der Waals surface area contributed by atoms with Gasteiger partial charge >= 0.3 is 0 Å². The summed E-state index contributed by atoms with van der Waals surface area (Å²) in [6.07, 6.45) is 0. The quantitative estimate of drug-likeness (QED) is 0.171. The number of aryl methyl sites for hydroxylation is 1. The van der Waals surface area contributed by atoms with Gasteiger partial charge in [-0.1, -0.05) is 127 Å². The third-order valence-corrected chi connectivity index (χ3v) is 9.47. The van der Waals surface area contributed by atoms with Gasteiger partial charge in [0.05, 0.1) is 22.4 Å². The fraction of sp³-hybridized carbons (Fsp3) is 0.0213. The zero-order chi connectivity index (χ0) is 34.1. The van der Waals surface area contributed by atoms with Crippen LogP contribution in [0.5, 0.6) is 0 Å². The maximum absolute atomic E-state index is 5.07. The third kappa shape index (κ3) is 5.73. The smallest absolute Gasteiger partial charge is 0.160 e. The molecule has 0 N–H and O–H groups in total. The van der Waals surface area contributed by atoms with Crippen molar-refractivity contribution in [3.63, 3.8) is 0 Å². The molecule has 0 fully saturated rings. The lowest BCUT2D eigenvalue weighted by atomic mass is 10.1. The Balaban J connectivity index is 1.15. The Kier molecular flexibility index (Phi) is 7.67. The van der Waals surface area contributed by atoms with E-state index >= 15 is 0 Å². The Bertz CT molecular complexity index is 2570. The number of hydrogen-bond donors (Lipinski definition) is 0. The van der Waals surface area contributed by atoms with Crippen molar-refractivity contribution in [2.45, 2.75) is 6.92 Å². The monoisotopic (exact) mass is 654 g/mol. The van der Waals surface area contributed by atoms with Crippen molar-refractivity contribution in [2.75, 3.05) is 4.90 Å². The molecule has 0 spiro atoms. The van der Waals surface area contributed by atoms with Gasteiger partial charge in [-0.3, -0.25) is 0 Å². The summed E-state index contributed by atoms with van der Waals surface area (Å²) in [4.78, 5) is 12.4. The third-order valence-electron chi connectivity index (χ3n) is 9.47. The first-order valence-corrected chi connectivity index (χ1v) is 17.3. The molecule has 9 rings (SSSR count). The van der Waals surface area contributed by atoms with Gasteiger partial charge in [0.1, 0.15) is 0 Å². The summed E-state index contributed by atoms with van der Waals surface area (Å²) in [5.74, 6) is 0.716. The maximum atomic E-state index is 5.07. The summed E-state index contributed by atoms with van der Waals surface area (Å²) >= 11 is 0. The molecule has 9 aromatic rings. The van der Waals surface area contributed by atoms with Crippen LogP contribution >= 0.6 is 0 Å². The highest BCUT2D eigenvalue weighted by molar-refractivity contribution is 6.10. The van der Waals surface area contributed by atoms with Crippen LogP contribution in [-0.2, 0) is 0 Å². The van der Waals surface area contributed by atoms with E-state index in [0.29, 0.717) is 5.82 Å². The minimum Gasteiger partial charge on any atom is -0.310 e. The first-order valence-electron chi connectivity index (χ1n) is 17.3. The molecular weight excluding hydrogens is 621 g/mol. The summed E-state index contributed by atoms with van der Waals surface area (Å²) in [7, 11) is 0. The van der Waals surface area contributed by atoms with Gasteiger partial charge in [0.25, 0.3) is 0 Å². The number of fused-ring (bicyclic) bond motifs is 3. The maximum Gasteiger partial charge on any atom is 0.160 e. The molecule has 0 aliphatic heterocycles. The van der Waals surface area contributed by atoms with Crippen LogP contribution in [0.25, 0.3) is 61.4 Å². The average Bonchev–Trinajstić information content (AvgIpc) is 3.53. The molecule has 4 heteroatoms. The van der Waals surface area contributed by atoms with Crippen LogP contribution in [0.2, 0.25) is 0 Å². The van der Waals surface area contributed by atoms with E-state index in [0.717, 1.165) is 56.3 Å². The standard InChI is InChI=1S/C47H34N4/c1-33-21-23-36(24-22-33)47-48-43(34-13-5-2-6-14-34)32-44(49-47)35-25-27-39(28-26-35)51-45-20-12-11-19-41(45)42-31-40(29-30-46(42)51)50(37-15-7-3-8-16-37)38-17-9-4-10-18-38/h2-32H,1H3. The second-order valence-corrected chi connectivity index (χ2v) is 12.8. The Morgan fingerprint density at radius 1 is 0.412 bits per heavy atom. The lowest BCUT2D eigenvalue weighted by Crippen LogP contribution is -2.09. The first-order chi connectivity index (χ1) is 25.2. The van der Waals surface area contributed by atoms with E-state index in [2.05, 4.69) is 186 Å². The molecule has 2 heterocycles. The zero-order valence-corrected chi connectivity index (χ0v) is 28.2. The predicted molar refractivity (Wildman–Crippen MR) is 212 cm³/mol. The highest BCUT2D eigenvalue weighted by Gasteiger charge is 2.18. The highest BCUT2D eigenvalue weighted by Crippen LogP contribution is 2.40. The first kappa shape index (κ1) is 30.3. The van der Waals surface area contributed by atoms with E-state index in [1.807, 2.05) is 18.2 Å². The molecule has 0 radical (unpaired) electrons. The summed E-state index contributed by atoms with van der Waals surface area (Å²) in [6.45, 7) is 2.10. The van der Waals surface area contributed by atoms with E-state index in [-0.39, 0.29) is 0 Å². The summed E-state index contributed by atoms with van der Waals surface area (Å²) < 4.78 is 2.36. The normalized spacial score (nSPS) is 11.2. The van der Waals surface area contributed by atoms with Gasteiger partial charge in [-0.15, -0.1) is 0 Å². The van der Waals surface area contributed by atoms with Gasteiger partial charge in [0.2, 0.25) is 0 Å². The molecule has 242 valence electrons. The van der Waals surface area contributed by atoms with Crippen molar-refractivity contribution in [3.05, 3.63) is 194 Å². The van der Waals surface area contributed by atoms with E-state index in [1.54, 1.807) is 0 Å². The molecule has 0 aliphatic carbocycles. The average molecular weight is 655 g/mol. The number of benzene rings is 7. The van der Waals surface area contributed by atoms with Crippen molar-refractivity contribution in [1.82, 2.24) is 14.5 Å². The van der Waals surface area contributed by atoms with Crippen LogP contribution < -0.4 is 4.90 Å². The molecule has 0 atom stereocenters. The molecule has 0 amide bonds. The molecule has 7 aromatic carbocycles. The van der Waals surface area contributed by atoms with Gasteiger partial charge in [-0.25, -0.2) is 9.97 Å². The molecule has 0 unspecified atom stereocenters. The van der Waals surface area contributed by atoms with E-state index < -0.39 is 0 Å². The predicted octanol–water partition coefficient (Wildman–Crippen LogP) is 12.4. The van der Waals surface area contributed by atoms with Crippen molar-refractivity contribution in [2.24, 2.45) is 0 Å². The van der Waals surface area contributed by atoms with Crippen LogP contribution in [-0.4, -0.2) is 14.5 Å². The van der Waals surface area contributed by atoms with E-state index in [1.165, 1.54) is 21.9 Å². The van der Waals surface area contributed by atoms with Crippen molar-refractivity contribution in [1.29, 1.82) is 0 Å². The molecular formula is C47H34N4. The molecule has 0 saturated heterocycles. The van der Waals surface area contributed by atoms with Crippen molar-refractivity contribution < 1.29 is 0 Å². The number of aromatic nitrogens is 3. The molecule has 0 bridgehead atoms. The van der Waals surface area contributed by atoms with Gasteiger partial charge in [-0.05, 0) is 73.7 Å². The fourth-order valence-electron chi connectivity index (χ4n) is 6.94. The van der Waals surface area contributed by atoms with Gasteiger partial charge < -0.3 is 9.47 Å². The molecule has 2 aromatic heterocycles. The van der Waals surface area contributed by atoms with Crippen molar-refractivity contribution >= 4 is 38.9 Å². The second-order valence-electron chi connectivity index (χ2n) is 12.8. The largest absolute Gasteiger partial charge is 0.310 e. The minimum absolute atomic E-state index is 0.716. The lowest BCUT2D eigenvalue weighted by Gasteiger charge is -2.25. The van der Waals surface area contributed by atoms with Crippen molar-refractivity contribution in [3.8, 4) is 39.6 Å². The Morgan fingerprint density at radius 3 is 1.59 bits per heavy atom. The number of hydrogen-bond acceptors (Lipinski definition) is 3. The topological polar surface area (TPSA) is 34.0 Å². The Morgan fingerprint density at radius 2 is 0.941 bits per heavy atom. The summed E-state index contributed by atoms with van der Waals surface area (Å²) in [5, 5.41) is 2.42. The summed E-state index contributed by atoms with van der Waals surface area (Å²) in [6, 6.07) is 66.2. The molecule has 51 heavy (non-hydrogen) atoms.